The van der Waals surface area contributed by atoms with Crippen molar-refractivity contribution in [1.82, 2.24) is 35.3 Å². The van der Waals surface area contributed by atoms with Crippen LogP contribution in [0.15, 0.2) is 47.4 Å². The first-order chi connectivity index (χ1) is 31.2. The van der Waals surface area contributed by atoms with Crippen LogP contribution in [0.2, 0.25) is 0 Å². The zero-order valence-corrected chi connectivity index (χ0v) is 38.6. The summed E-state index contributed by atoms with van der Waals surface area (Å²) in [6.45, 7) is 14.6. The van der Waals surface area contributed by atoms with Gasteiger partial charge in [-0.15, -0.1) is 11.8 Å². The molecule has 1 saturated carbocycles. The molecule has 7 heterocycles. The van der Waals surface area contributed by atoms with E-state index < -0.39 is 6.04 Å². The SMILES string of the molecule is CC1(Nc2nc(N3CCC4(CCN(CCOCc5ccc(CNCCN6CCC(c7ccc8c(c7)CN(C7CCC(=O)NC7=O)C8=O)CC6)cc5)CC4)CC3)nc3c2SCC3)CCC1. The van der Waals surface area contributed by atoms with Crippen LogP contribution in [0, 0.1) is 5.41 Å². The van der Waals surface area contributed by atoms with E-state index in [0.29, 0.717) is 36.5 Å². The molecule has 7 aliphatic rings. The third-order valence-electron chi connectivity index (χ3n) is 15.8. The van der Waals surface area contributed by atoms with E-state index in [1.807, 2.05) is 17.8 Å². The molecule has 1 atom stereocenters. The number of carbonyl (C=O) groups excluding carboxylic acids is 3. The van der Waals surface area contributed by atoms with Crippen molar-refractivity contribution in [3.05, 3.63) is 76.0 Å². The summed E-state index contributed by atoms with van der Waals surface area (Å²) in [6.07, 6.45) is 12.7. The molecule has 13 nitrogen and oxygen atoms in total. The van der Waals surface area contributed by atoms with Gasteiger partial charge in [-0.25, -0.2) is 4.98 Å². The van der Waals surface area contributed by atoms with Crippen molar-refractivity contribution in [3.63, 3.8) is 0 Å². The normalized spacial score (nSPS) is 23.6. The Balaban J connectivity index is 0.586. The Morgan fingerprint density at radius 2 is 1.59 bits per heavy atom. The second kappa shape index (κ2) is 19.0. The number of amides is 3. The van der Waals surface area contributed by atoms with Gasteiger partial charge >= 0.3 is 0 Å². The number of aryl methyl sites for hydroxylation is 1. The van der Waals surface area contributed by atoms with Crippen LogP contribution < -0.4 is 20.9 Å². The Morgan fingerprint density at radius 3 is 2.34 bits per heavy atom. The van der Waals surface area contributed by atoms with Crippen LogP contribution >= 0.6 is 11.8 Å². The Hall–Kier alpha value is -4.08. The highest BCUT2D eigenvalue weighted by Crippen LogP contribution is 2.44. The van der Waals surface area contributed by atoms with E-state index in [1.54, 1.807) is 4.90 Å². The fourth-order valence-corrected chi connectivity index (χ4v) is 12.3. The highest BCUT2D eigenvalue weighted by Gasteiger charge is 2.41. The molecule has 5 fully saturated rings. The lowest BCUT2D eigenvalue weighted by molar-refractivity contribution is -0.136. The summed E-state index contributed by atoms with van der Waals surface area (Å²) in [5.74, 6) is 2.89. The molecule has 6 aliphatic heterocycles. The number of nitrogens with one attached hydrogen (secondary N) is 3. The summed E-state index contributed by atoms with van der Waals surface area (Å²) in [6, 6.07) is 14.5. The van der Waals surface area contributed by atoms with Crippen LogP contribution in [-0.2, 0) is 40.4 Å². The highest BCUT2D eigenvalue weighted by atomic mass is 32.2. The number of aromatic nitrogens is 2. The lowest BCUT2D eigenvalue weighted by Crippen LogP contribution is -2.52. The van der Waals surface area contributed by atoms with Crippen molar-refractivity contribution in [2.24, 2.45) is 5.41 Å². The van der Waals surface area contributed by atoms with E-state index in [2.05, 4.69) is 74.0 Å². The van der Waals surface area contributed by atoms with Gasteiger partial charge in [-0.2, -0.15) is 4.98 Å². The molecule has 3 aromatic rings. The molecule has 0 radical (unpaired) electrons. The maximum Gasteiger partial charge on any atom is 0.255 e. The predicted molar refractivity (Wildman–Crippen MR) is 251 cm³/mol. The summed E-state index contributed by atoms with van der Waals surface area (Å²) in [5, 5.41) is 9.87. The first-order valence-electron chi connectivity index (χ1n) is 24.3. The van der Waals surface area contributed by atoms with Crippen molar-refractivity contribution >= 4 is 41.2 Å². The van der Waals surface area contributed by atoms with Crippen LogP contribution in [0.25, 0.3) is 0 Å². The molecule has 1 aromatic heterocycles. The lowest BCUT2D eigenvalue weighted by atomic mass is 9.71. The standard InChI is InChI=1S/C50H67N9O4S/c1-49(14-2-15-49)55-45-44-41(13-30-64-44)52-48(54-45)58-25-18-50(19-26-58)16-23-57(24-17-50)28-29-63-34-36-5-3-35(4-6-36)32-51-20-27-56-21-11-37(12-22-56)38-7-8-40-39(31-38)33-59(47(40)62)42-9-10-43(60)53-46(42)61/h3-8,31,37,42,51H,2,9-30,32-34H2,1H3,(H,52,54,55)(H,53,60,61). The topological polar surface area (TPSA) is 135 Å². The van der Waals surface area contributed by atoms with E-state index in [0.717, 1.165) is 114 Å². The molecular weight excluding hydrogens is 823 g/mol. The van der Waals surface area contributed by atoms with E-state index in [-0.39, 0.29) is 29.7 Å². The van der Waals surface area contributed by atoms with Crippen LogP contribution in [0.1, 0.15) is 122 Å². The lowest BCUT2D eigenvalue weighted by Gasteiger charge is -2.47. The van der Waals surface area contributed by atoms with Crippen LogP contribution in [0.4, 0.5) is 11.8 Å². The van der Waals surface area contributed by atoms with Gasteiger partial charge in [-0.3, -0.25) is 19.7 Å². The number of fused-ring (bicyclic) bond motifs is 2. The minimum atomic E-state index is -0.573. The van der Waals surface area contributed by atoms with Crippen LogP contribution in [0.3, 0.4) is 0 Å². The highest BCUT2D eigenvalue weighted by molar-refractivity contribution is 7.99. The summed E-state index contributed by atoms with van der Waals surface area (Å²) < 4.78 is 6.18. The van der Waals surface area contributed by atoms with Crippen molar-refractivity contribution in [2.75, 3.05) is 81.5 Å². The van der Waals surface area contributed by atoms with E-state index in [1.165, 1.54) is 72.2 Å². The van der Waals surface area contributed by atoms with Crippen molar-refractivity contribution < 1.29 is 19.1 Å². The van der Waals surface area contributed by atoms with Crippen LogP contribution in [-0.4, -0.2) is 125 Å². The minimum absolute atomic E-state index is 0.107. The molecule has 342 valence electrons. The minimum Gasteiger partial charge on any atom is -0.375 e. The number of ether oxygens (including phenoxy) is 1. The van der Waals surface area contributed by atoms with E-state index in [9.17, 15) is 14.4 Å². The van der Waals surface area contributed by atoms with Crippen molar-refractivity contribution in [3.8, 4) is 0 Å². The largest absolute Gasteiger partial charge is 0.375 e. The van der Waals surface area contributed by atoms with Gasteiger partial charge in [-0.05, 0) is 137 Å². The zero-order chi connectivity index (χ0) is 43.7. The average molecular weight is 890 g/mol. The third kappa shape index (κ3) is 9.72. The number of nitrogens with zero attached hydrogens (tertiary/aromatic N) is 6. The Kier molecular flexibility index (Phi) is 13.0. The summed E-state index contributed by atoms with van der Waals surface area (Å²) in [4.78, 5) is 58.0. The molecule has 14 heteroatoms. The van der Waals surface area contributed by atoms with Gasteiger partial charge in [0.05, 0.1) is 23.8 Å². The first kappa shape index (κ1) is 43.8. The number of carbonyl (C=O) groups is 3. The van der Waals surface area contributed by atoms with E-state index in [4.69, 9.17) is 14.7 Å². The molecule has 1 unspecified atom stereocenters. The molecule has 2 aromatic carbocycles. The van der Waals surface area contributed by atoms with Gasteiger partial charge < -0.3 is 35.0 Å². The molecule has 0 bridgehead atoms. The van der Waals surface area contributed by atoms with Gasteiger partial charge in [0.2, 0.25) is 17.8 Å². The molecule has 64 heavy (non-hydrogen) atoms. The number of likely N-dealkylation sites (tertiary alicyclic amines) is 2. The molecule has 4 saturated heterocycles. The first-order valence-corrected chi connectivity index (χ1v) is 25.3. The van der Waals surface area contributed by atoms with Crippen molar-refractivity contribution in [2.45, 2.75) is 126 Å². The number of imide groups is 1. The van der Waals surface area contributed by atoms with Gasteiger partial charge in [0.25, 0.3) is 5.91 Å². The average Bonchev–Trinajstić information content (AvgIpc) is 3.92. The maximum atomic E-state index is 13.1. The number of rotatable bonds is 15. The van der Waals surface area contributed by atoms with Crippen LogP contribution in [0.5, 0.6) is 0 Å². The smallest absolute Gasteiger partial charge is 0.255 e. The monoisotopic (exact) mass is 890 g/mol. The Morgan fingerprint density at radius 1 is 0.844 bits per heavy atom. The number of hydrogen-bond acceptors (Lipinski definition) is 12. The van der Waals surface area contributed by atoms with Gasteiger partial charge in [-0.1, -0.05) is 36.4 Å². The number of benzene rings is 2. The third-order valence-corrected chi connectivity index (χ3v) is 16.9. The molecule has 3 N–H and O–H groups in total. The summed E-state index contributed by atoms with van der Waals surface area (Å²) in [5.41, 5.74) is 7.38. The maximum absolute atomic E-state index is 13.1. The fraction of sp³-hybridized carbons (Fsp3) is 0.620. The van der Waals surface area contributed by atoms with Gasteiger partial charge in [0.1, 0.15) is 11.9 Å². The second-order valence-electron chi connectivity index (χ2n) is 20.1. The number of anilines is 2. The molecule has 10 rings (SSSR count). The summed E-state index contributed by atoms with van der Waals surface area (Å²) in [7, 11) is 0. The Bertz CT molecular complexity index is 2170. The van der Waals surface area contributed by atoms with E-state index >= 15 is 0 Å². The van der Waals surface area contributed by atoms with Gasteiger partial charge in [0.15, 0.2) is 0 Å². The zero-order valence-electron chi connectivity index (χ0n) is 37.8. The Labute approximate surface area is 383 Å². The molecule has 1 spiro atoms. The number of hydrogen-bond donors (Lipinski definition) is 3. The van der Waals surface area contributed by atoms with Crippen molar-refractivity contribution in [1.29, 1.82) is 0 Å². The molecular formula is C50H67N9O4S. The fourth-order valence-electron chi connectivity index (χ4n) is 11.3. The second-order valence-corrected chi connectivity index (χ2v) is 21.2. The number of thioether (sulfide) groups is 1. The molecule has 3 amide bonds. The predicted octanol–water partition coefficient (Wildman–Crippen LogP) is 6.11. The van der Waals surface area contributed by atoms with Gasteiger partial charge in [0, 0.05) is 75.5 Å². The quantitative estimate of drug-likeness (QED) is 0.120. The summed E-state index contributed by atoms with van der Waals surface area (Å²) >= 11 is 1.92. The number of piperidine rings is 4. The molecule has 1 aliphatic carbocycles.